The van der Waals surface area contributed by atoms with Crippen molar-refractivity contribution in [1.82, 2.24) is 0 Å². The molecule has 2 aromatic rings. The van der Waals surface area contributed by atoms with Gasteiger partial charge in [-0.1, -0.05) is 30.8 Å². The van der Waals surface area contributed by atoms with Gasteiger partial charge in [-0.15, -0.1) is 0 Å². The predicted molar refractivity (Wildman–Crippen MR) is 79.9 cm³/mol. The van der Waals surface area contributed by atoms with Crippen LogP contribution in [0.4, 0.5) is 5.69 Å². The van der Waals surface area contributed by atoms with Gasteiger partial charge in [0.1, 0.15) is 6.26 Å². The molecule has 0 radical (unpaired) electrons. The lowest BCUT2D eigenvalue weighted by Gasteiger charge is -2.16. The molecule has 0 saturated carbocycles. The molecule has 1 aliphatic rings. The smallest absolute Gasteiger partial charge is 0.243 e. The summed E-state index contributed by atoms with van der Waals surface area (Å²) >= 11 is 0. The Kier molecular flexibility index (Phi) is 2.78. The SMILES string of the molecule is C=COO[N+]1=C(C)C(C)(C)c2c1ccc1ccccc21. The lowest BCUT2D eigenvalue weighted by atomic mass is 9.80. The predicted octanol–water partition coefficient (Wildman–Crippen LogP) is 4.24. The largest absolute Gasteiger partial charge is 0.267 e. The number of hydrogen-bond acceptors (Lipinski definition) is 2. The Morgan fingerprint density at radius 1 is 1.15 bits per heavy atom. The van der Waals surface area contributed by atoms with Crippen LogP contribution in [0.1, 0.15) is 26.3 Å². The van der Waals surface area contributed by atoms with Gasteiger partial charge in [0, 0.05) is 13.0 Å². The topological polar surface area (TPSA) is 21.5 Å². The minimum Gasteiger partial charge on any atom is -0.243 e. The van der Waals surface area contributed by atoms with E-state index in [0.717, 1.165) is 11.4 Å². The summed E-state index contributed by atoms with van der Waals surface area (Å²) in [7, 11) is 0. The zero-order chi connectivity index (χ0) is 14.3. The Labute approximate surface area is 118 Å². The molecule has 2 aromatic carbocycles. The van der Waals surface area contributed by atoms with E-state index in [4.69, 9.17) is 9.88 Å². The van der Waals surface area contributed by atoms with Crippen molar-refractivity contribution in [2.45, 2.75) is 26.2 Å². The molecule has 0 aromatic heterocycles. The lowest BCUT2D eigenvalue weighted by molar-refractivity contribution is -0.818. The molecule has 3 heteroatoms. The van der Waals surface area contributed by atoms with E-state index in [1.807, 2.05) is 0 Å². The number of rotatable bonds is 3. The van der Waals surface area contributed by atoms with Gasteiger partial charge in [0.05, 0.1) is 15.7 Å². The zero-order valence-electron chi connectivity index (χ0n) is 12.0. The third kappa shape index (κ3) is 1.63. The second-order valence-corrected chi connectivity index (χ2v) is 5.52. The van der Waals surface area contributed by atoms with Crippen LogP contribution < -0.4 is 0 Å². The normalized spacial score (nSPS) is 16.1. The molecular formula is C17H18NO2+. The van der Waals surface area contributed by atoms with Crippen LogP contribution >= 0.6 is 0 Å². The van der Waals surface area contributed by atoms with Crippen LogP contribution in [0.2, 0.25) is 0 Å². The average molecular weight is 268 g/mol. The standard InChI is InChI=1S/C17H18NO2/c1-5-19-20-18-12(2)17(3,4)16-14-9-7-6-8-13(14)10-11-15(16)18/h5-11H,1H2,2-4H3/q+1. The molecule has 0 atom stereocenters. The van der Waals surface area contributed by atoms with E-state index in [2.05, 4.69) is 63.7 Å². The first-order valence-electron chi connectivity index (χ1n) is 6.68. The fourth-order valence-corrected chi connectivity index (χ4v) is 2.87. The molecule has 0 N–H and O–H groups in total. The van der Waals surface area contributed by atoms with Crippen molar-refractivity contribution in [2.75, 3.05) is 0 Å². The van der Waals surface area contributed by atoms with E-state index in [-0.39, 0.29) is 5.41 Å². The van der Waals surface area contributed by atoms with Gasteiger partial charge in [0.15, 0.2) is 0 Å². The van der Waals surface area contributed by atoms with Crippen molar-refractivity contribution in [3.8, 4) is 0 Å². The summed E-state index contributed by atoms with van der Waals surface area (Å²) in [5.74, 6) is 0. The van der Waals surface area contributed by atoms with E-state index in [9.17, 15) is 0 Å². The maximum Gasteiger partial charge on any atom is 0.267 e. The summed E-state index contributed by atoms with van der Waals surface area (Å²) in [6.45, 7) is 9.96. The summed E-state index contributed by atoms with van der Waals surface area (Å²) in [5, 5.41) is 2.48. The second kappa shape index (κ2) is 4.37. The van der Waals surface area contributed by atoms with Crippen molar-refractivity contribution in [3.63, 3.8) is 0 Å². The van der Waals surface area contributed by atoms with Crippen LogP contribution in [0, 0.1) is 0 Å². The van der Waals surface area contributed by atoms with Gasteiger partial charge >= 0.3 is 0 Å². The fourth-order valence-electron chi connectivity index (χ4n) is 2.87. The van der Waals surface area contributed by atoms with Crippen LogP contribution in [-0.4, -0.2) is 10.5 Å². The summed E-state index contributed by atoms with van der Waals surface area (Å²) in [5.41, 5.74) is 3.26. The van der Waals surface area contributed by atoms with E-state index in [0.29, 0.717) is 0 Å². The van der Waals surface area contributed by atoms with Crippen molar-refractivity contribution in [1.29, 1.82) is 0 Å². The summed E-state index contributed by atoms with van der Waals surface area (Å²) < 4.78 is 1.74. The number of nitrogens with zero attached hydrogens (tertiary/aromatic N) is 1. The highest BCUT2D eigenvalue weighted by molar-refractivity contribution is 6.01. The van der Waals surface area contributed by atoms with Gasteiger partial charge in [0.2, 0.25) is 5.71 Å². The Balaban J connectivity index is 2.28. The van der Waals surface area contributed by atoms with E-state index < -0.39 is 0 Å². The summed E-state index contributed by atoms with van der Waals surface area (Å²) in [6.07, 6.45) is 1.28. The van der Waals surface area contributed by atoms with Crippen LogP contribution in [0.15, 0.2) is 49.2 Å². The third-order valence-corrected chi connectivity index (χ3v) is 4.15. The molecule has 0 unspecified atom stereocenters. The van der Waals surface area contributed by atoms with Gasteiger partial charge in [-0.3, -0.25) is 0 Å². The Hall–Kier alpha value is -2.29. The quantitative estimate of drug-likeness (QED) is 0.359. The molecule has 0 saturated heterocycles. The molecule has 1 aliphatic heterocycles. The van der Waals surface area contributed by atoms with Crippen LogP contribution in [0.25, 0.3) is 10.8 Å². The van der Waals surface area contributed by atoms with E-state index in [1.165, 1.54) is 22.6 Å². The first kappa shape index (κ1) is 12.7. The fraction of sp³-hybridized carbons (Fsp3) is 0.235. The number of hydrogen-bond donors (Lipinski definition) is 0. The molecular weight excluding hydrogens is 250 g/mol. The molecule has 0 spiro atoms. The molecule has 0 amide bonds. The van der Waals surface area contributed by atoms with Gasteiger partial charge in [-0.25, -0.2) is 4.89 Å². The van der Waals surface area contributed by atoms with Crippen molar-refractivity contribution < 1.29 is 14.6 Å². The highest BCUT2D eigenvalue weighted by Gasteiger charge is 2.47. The molecule has 3 rings (SSSR count). The number of fused-ring (bicyclic) bond motifs is 3. The van der Waals surface area contributed by atoms with E-state index in [1.54, 1.807) is 4.74 Å². The van der Waals surface area contributed by atoms with Crippen molar-refractivity contribution in [2.24, 2.45) is 0 Å². The monoisotopic (exact) mass is 268 g/mol. The minimum atomic E-state index is -0.110. The highest BCUT2D eigenvalue weighted by Crippen LogP contribution is 2.43. The first-order chi connectivity index (χ1) is 9.57. The zero-order valence-corrected chi connectivity index (χ0v) is 12.0. The van der Waals surface area contributed by atoms with E-state index >= 15 is 0 Å². The average Bonchev–Trinajstić information content (AvgIpc) is 2.65. The molecule has 1 heterocycles. The summed E-state index contributed by atoms with van der Waals surface area (Å²) in [4.78, 5) is 10.3. The van der Waals surface area contributed by atoms with Crippen LogP contribution in [0.5, 0.6) is 0 Å². The molecule has 102 valence electrons. The first-order valence-corrected chi connectivity index (χ1v) is 6.68. The molecule has 3 nitrogen and oxygen atoms in total. The number of benzene rings is 2. The Morgan fingerprint density at radius 3 is 2.65 bits per heavy atom. The van der Waals surface area contributed by atoms with Gasteiger partial charge in [0.25, 0.3) is 5.69 Å². The molecule has 0 fully saturated rings. The van der Waals surface area contributed by atoms with Gasteiger partial charge in [-0.2, -0.15) is 0 Å². The maximum absolute atomic E-state index is 5.35. The lowest BCUT2D eigenvalue weighted by Crippen LogP contribution is -2.26. The Bertz CT molecular complexity index is 729. The van der Waals surface area contributed by atoms with Crippen molar-refractivity contribution in [3.05, 3.63) is 54.8 Å². The van der Waals surface area contributed by atoms with Crippen LogP contribution in [-0.2, 0) is 15.3 Å². The van der Waals surface area contributed by atoms with Gasteiger partial charge in [-0.05, 0) is 35.7 Å². The van der Waals surface area contributed by atoms with Crippen molar-refractivity contribution >= 4 is 22.2 Å². The second-order valence-electron chi connectivity index (χ2n) is 5.52. The summed E-state index contributed by atoms with van der Waals surface area (Å²) in [6, 6.07) is 12.6. The molecule has 20 heavy (non-hydrogen) atoms. The van der Waals surface area contributed by atoms with Crippen LogP contribution in [0.3, 0.4) is 0 Å². The Morgan fingerprint density at radius 2 is 1.90 bits per heavy atom. The third-order valence-electron chi connectivity index (χ3n) is 4.15. The maximum atomic E-state index is 5.35. The highest BCUT2D eigenvalue weighted by atomic mass is 17.3. The molecule has 0 aliphatic carbocycles. The minimum absolute atomic E-state index is 0.110. The molecule has 0 bridgehead atoms. The van der Waals surface area contributed by atoms with Gasteiger partial charge < -0.3 is 0 Å².